The molecule has 1 aliphatic heterocycles. The second-order valence-electron chi connectivity index (χ2n) is 8.47. The van der Waals surface area contributed by atoms with Gasteiger partial charge in [0.1, 0.15) is 6.04 Å². The number of aryl methyl sites for hydroxylation is 1. The van der Waals surface area contributed by atoms with Crippen molar-refractivity contribution in [2.45, 2.75) is 36.6 Å². The second-order valence-corrected chi connectivity index (χ2v) is 10.4. The fourth-order valence-electron chi connectivity index (χ4n) is 4.08. The van der Waals surface area contributed by atoms with Crippen molar-refractivity contribution in [3.8, 4) is 0 Å². The van der Waals surface area contributed by atoms with Crippen LogP contribution in [0.2, 0.25) is 0 Å². The SMILES string of the molecule is Cc1ccc(S(=O)(=O)N2C[C@H](O)[C@@H](NC(=O)c3ccccc3)[C@H]2C(=O)NCc2ccccc2)cc1. The molecular weight excluding hydrogens is 466 g/mol. The molecule has 0 unspecified atom stereocenters. The zero-order valence-corrected chi connectivity index (χ0v) is 20.0. The lowest BCUT2D eigenvalue weighted by molar-refractivity contribution is -0.125. The highest BCUT2D eigenvalue weighted by atomic mass is 32.2. The van der Waals surface area contributed by atoms with Gasteiger partial charge in [0.15, 0.2) is 0 Å². The third kappa shape index (κ3) is 5.43. The van der Waals surface area contributed by atoms with Gasteiger partial charge in [0.2, 0.25) is 15.9 Å². The Labute approximate surface area is 204 Å². The minimum absolute atomic E-state index is 0.00574. The van der Waals surface area contributed by atoms with E-state index in [9.17, 15) is 23.1 Å². The molecule has 2 amide bonds. The molecule has 1 aliphatic rings. The van der Waals surface area contributed by atoms with Gasteiger partial charge in [-0.15, -0.1) is 0 Å². The van der Waals surface area contributed by atoms with E-state index in [2.05, 4.69) is 10.6 Å². The predicted molar refractivity (Wildman–Crippen MR) is 131 cm³/mol. The summed E-state index contributed by atoms with van der Waals surface area (Å²) in [4.78, 5) is 26.2. The van der Waals surface area contributed by atoms with Gasteiger partial charge in [-0.05, 0) is 36.8 Å². The lowest BCUT2D eigenvalue weighted by atomic mass is 10.1. The van der Waals surface area contributed by atoms with Crippen LogP contribution < -0.4 is 10.6 Å². The van der Waals surface area contributed by atoms with Crippen LogP contribution in [0.5, 0.6) is 0 Å². The number of aliphatic hydroxyl groups is 1. The standard InChI is InChI=1S/C26H27N3O5S/c1-18-12-14-21(15-13-18)35(33,34)29-17-22(30)23(28-25(31)20-10-6-3-7-11-20)24(29)26(32)27-16-19-8-4-2-5-9-19/h2-15,22-24,30H,16-17H2,1H3,(H,27,32)(H,28,31)/t22-,23+,24-/m0/s1. The normalized spacial score (nSPS) is 20.3. The Morgan fingerprint density at radius 1 is 0.943 bits per heavy atom. The summed E-state index contributed by atoms with van der Waals surface area (Å²) in [6.45, 7) is 1.67. The average Bonchev–Trinajstić information content (AvgIpc) is 3.20. The molecule has 3 N–H and O–H groups in total. The molecule has 3 atom stereocenters. The average molecular weight is 494 g/mol. The first-order valence-electron chi connectivity index (χ1n) is 11.2. The summed E-state index contributed by atoms with van der Waals surface area (Å²) in [6.07, 6.45) is -1.28. The van der Waals surface area contributed by atoms with E-state index in [1.54, 1.807) is 42.5 Å². The van der Waals surface area contributed by atoms with Gasteiger partial charge in [-0.1, -0.05) is 66.2 Å². The number of rotatable bonds is 7. The lowest BCUT2D eigenvalue weighted by Crippen LogP contribution is -2.56. The molecule has 0 aromatic heterocycles. The van der Waals surface area contributed by atoms with Crippen LogP contribution in [0.3, 0.4) is 0 Å². The Morgan fingerprint density at radius 2 is 1.54 bits per heavy atom. The predicted octanol–water partition coefficient (Wildman–Crippen LogP) is 1.84. The highest BCUT2D eigenvalue weighted by molar-refractivity contribution is 7.89. The first-order chi connectivity index (χ1) is 16.8. The van der Waals surface area contributed by atoms with Crippen molar-refractivity contribution in [3.05, 3.63) is 102 Å². The molecule has 8 nitrogen and oxygen atoms in total. The molecule has 9 heteroatoms. The molecule has 0 bridgehead atoms. The molecule has 0 radical (unpaired) electrons. The van der Waals surface area contributed by atoms with Gasteiger partial charge in [0, 0.05) is 18.7 Å². The molecule has 0 saturated carbocycles. The molecule has 0 spiro atoms. The first-order valence-corrected chi connectivity index (χ1v) is 12.7. The number of amides is 2. The van der Waals surface area contributed by atoms with E-state index >= 15 is 0 Å². The highest BCUT2D eigenvalue weighted by Crippen LogP contribution is 2.28. The molecule has 182 valence electrons. The van der Waals surface area contributed by atoms with Crippen molar-refractivity contribution >= 4 is 21.8 Å². The van der Waals surface area contributed by atoms with E-state index in [1.807, 2.05) is 37.3 Å². The highest BCUT2D eigenvalue weighted by Gasteiger charge is 2.51. The van der Waals surface area contributed by atoms with Crippen molar-refractivity contribution in [2.75, 3.05) is 6.54 Å². The summed E-state index contributed by atoms with van der Waals surface area (Å²) in [5.41, 5.74) is 2.05. The third-order valence-electron chi connectivity index (χ3n) is 5.97. The van der Waals surface area contributed by atoms with Crippen LogP contribution in [0.1, 0.15) is 21.5 Å². The molecule has 3 aromatic rings. The van der Waals surface area contributed by atoms with Crippen LogP contribution in [-0.2, 0) is 21.4 Å². The Morgan fingerprint density at radius 3 is 2.17 bits per heavy atom. The zero-order chi connectivity index (χ0) is 25.0. The van der Waals surface area contributed by atoms with Crippen molar-refractivity contribution in [1.29, 1.82) is 0 Å². The maximum absolute atomic E-state index is 13.5. The Balaban J connectivity index is 1.64. The number of benzene rings is 3. The van der Waals surface area contributed by atoms with Crippen molar-refractivity contribution in [3.63, 3.8) is 0 Å². The molecule has 1 fully saturated rings. The van der Waals surface area contributed by atoms with Gasteiger partial charge in [-0.25, -0.2) is 8.42 Å². The minimum atomic E-state index is -4.14. The number of sulfonamides is 1. The van der Waals surface area contributed by atoms with E-state index < -0.39 is 40.0 Å². The smallest absolute Gasteiger partial charge is 0.251 e. The van der Waals surface area contributed by atoms with Gasteiger partial charge in [0.05, 0.1) is 17.0 Å². The van der Waals surface area contributed by atoms with Crippen LogP contribution >= 0.6 is 0 Å². The molecule has 35 heavy (non-hydrogen) atoms. The molecule has 4 rings (SSSR count). The maximum atomic E-state index is 13.5. The minimum Gasteiger partial charge on any atom is -0.390 e. The fourth-order valence-corrected chi connectivity index (χ4v) is 5.70. The first kappa shape index (κ1) is 24.6. The Bertz CT molecular complexity index is 1280. The van der Waals surface area contributed by atoms with Crippen LogP contribution in [0, 0.1) is 6.92 Å². The van der Waals surface area contributed by atoms with Gasteiger partial charge in [-0.2, -0.15) is 4.31 Å². The summed E-state index contributed by atoms with van der Waals surface area (Å²) in [5.74, 6) is -1.12. The monoisotopic (exact) mass is 493 g/mol. The van der Waals surface area contributed by atoms with Gasteiger partial charge in [0.25, 0.3) is 5.91 Å². The number of aliphatic hydroxyl groups excluding tert-OH is 1. The van der Waals surface area contributed by atoms with E-state index in [4.69, 9.17) is 0 Å². The number of hydrogen-bond donors (Lipinski definition) is 3. The molecular formula is C26H27N3O5S. The lowest BCUT2D eigenvalue weighted by Gasteiger charge is -2.27. The van der Waals surface area contributed by atoms with E-state index in [-0.39, 0.29) is 18.0 Å². The quantitative estimate of drug-likeness (QED) is 0.465. The summed E-state index contributed by atoms with van der Waals surface area (Å²) in [7, 11) is -4.14. The van der Waals surface area contributed by atoms with Gasteiger partial charge >= 0.3 is 0 Å². The van der Waals surface area contributed by atoms with E-state index in [0.29, 0.717) is 5.56 Å². The summed E-state index contributed by atoms with van der Waals surface area (Å²) < 4.78 is 28.0. The summed E-state index contributed by atoms with van der Waals surface area (Å²) in [5, 5.41) is 16.3. The second kappa shape index (κ2) is 10.4. The summed E-state index contributed by atoms with van der Waals surface area (Å²) in [6, 6.07) is 21.3. The number of hydrogen-bond acceptors (Lipinski definition) is 5. The van der Waals surface area contributed by atoms with E-state index in [0.717, 1.165) is 15.4 Å². The van der Waals surface area contributed by atoms with Crippen LogP contribution in [0.25, 0.3) is 0 Å². The van der Waals surface area contributed by atoms with Gasteiger partial charge in [-0.3, -0.25) is 9.59 Å². The third-order valence-corrected chi connectivity index (χ3v) is 7.83. The number of nitrogens with zero attached hydrogens (tertiary/aromatic N) is 1. The molecule has 3 aromatic carbocycles. The van der Waals surface area contributed by atoms with E-state index in [1.165, 1.54) is 12.1 Å². The topological polar surface area (TPSA) is 116 Å². The number of carbonyl (C=O) groups is 2. The molecule has 1 saturated heterocycles. The Kier molecular flexibility index (Phi) is 7.30. The van der Waals surface area contributed by atoms with Crippen LogP contribution in [0.15, 0.2) is 89.8 Å². The Hall–Kier alpha value is -3.53. The van der Waals surface area contributed by atoms with Crippen molar-refractivity contribution < 1.29 is 23.1 Å². The number of β-amino-alcohol motifs (C(OH)–C–C–N with tert-alkyl or cyclic N) is 1. The largest absolute Gasteiger partial charge is 0.390 e. The van der Waals surface area contributed by atoms with Crippen molar-refractivity contribution in [2.24, 2.45) is 0 Å². The van der Waals surface area contributed by atoms with Crippen molar-refractivity contribution in [1.82, 2.24) is 14.9 Å². The zero-order valence-electron chi connectivity index (χ0n) is 19.2. The van der Waals surface area contributed by atoms with Crippen LogP contribution in [-0.4, -0.2) is 54.4 Å². The maximum Gasteiger partial charge on any atom is 0.251 e. The number of nitrogens with one attached hydrogen (secondary N) is 2. The summed E-state index contributed by atoms with van der Waals surface area (Å²) >= 11 is 0. The van der Waals surface area contributed by atoms with Crippen LogP contribution in [0.4, 0.5) is 0 Å². The fraction of sp³-hybridized carbons (Fsp3) is 0.231. The van der Waals surface area contributed by atoms with Gasteiger partial charge < -0.3 is 15.7 Å². The number of carbonyl (C=O) groups excluding carboxylic acids is 2. The molecule has 1 heterocycles. The molecule has 0 aliphatic carbocycles.